The van der Waals surface area contributed by atoms with Gasteiger partial charge in [-0.2, -0.15) is 0 Å². The van der Waals surface area contributed by atoms with Crippen LogP contribution in [0.1, 0.15) is 47.9 Å². The molecule has 2 aromatic carbocycles. The van der Waals surface area contributed by atoms with Crippen molar-refractivity contribution >= 4 is 20.0 Å². The quantitative estimate of drug-likeness (QED) is 0.202. The summed E-state index contributed by atoms with van der Waals surface area (Å²) < 4.78 is 32.9. The Morgan fingerprint density at radius 3 is 1.62 bits per heavy atom. The molecule has 0 spiro atoms. The van der Waals surface area contributed by atoms with Gasteiger partial charge in [-0.1, -0.05) is 32.9 Å². The van der Waals surface area contributed by atoms with Crippen LogP contribution in [0.25, 0.3) is 0 Å². The molecule has 7 nitrogen and oxygen atoms in total. The molecule has 0 saturated heterocycles. The van der Waals surface area contributed by atoms with Gasteiger partial charge in [-0.25, -0.2) is 0 Å². The van der Waals surface area contributed by atoms with E-state index >= 15 is 0 Å². The number of hydrogen-bond acceptors (Lipinski definition) is 7. The third kappa shape index (κ3) is 5.76. The highest BCUT2D eigenvalue weighted by Crippen LogP contribution is 2.43. The predicted molar refractivity (Wildman–Crippen MR) is 131 cm³/mol. The Kier molecular flexibility index (Phi) is 9.63. The molecule has 0 amide bonds. The summed E-state index contributed by atoms with van der Waals surface area (Å²) in [4.78, 5) is 28.1. The van der Waals surface area contributed by atoms with Gasteiger partial charge in [0, 0.05) is 6.16 Å². The van der Waals surface area contributed by atoms with Crippen LogP contribution in [0.15, 0.2) is 36.4 Å². The maximum absolute atomic E-state index is 14.1. The molecule has 0 radical (unpaired) electrons. The van der Waals surface area contributed by atoms with Gasteiger partial charge >= 0.3 is 0 Å². The van der Waals surface area contributed by atoms with Crippen LogP contribution in [-0.4, -0.2) is 46.2 Å². The Hall–Kier alpha value is -2.92. The van der Waals surface area contributed by atoms with E-state index in [1.165, 1.54) is 28.4 Å². The number of carbonyl (C=O) groups excluding carboxylic acids is 2. The first-order valence-corrected chi connectivity index (χ1v) is 12.0. The first-order chi connectivity index (χ1) is 16.2. The van der Waals surface area contributed by atoms with E-state index in [-0.39, 0.29) is 48.6 Å². The molecule has 2 aromatic rings. The molecule has 8 heteroatoms. The molecule has 0 saturated carbocycles. The van der Waals surface area contributed by atoms with Crippen molar-refractivity contribution in [2.24, 2.45) is 17.3 Å². The van der Waals surface area contributed by atoms with Gasteiger partial charge in [-0.3, -0.25) is 14.2 Å². The van der Waals surface area contributed by atoms with E-state index in [0.717, 1.165) is 0 Å². The zero-order valence-electron chi connectivity index (χ0n) is 20.8. The lowest BCUT2D eigenvalue weighted by atomic mass is 9.67. The lowest BCUT2D eigenvalue weighted by Gasteiger charge is -2.35. The fraction of sp³-hybridized carbons (Fsp3) is 0.462. The van der Waals surface area contributed by atoms with Crippen molar-refractivity contribution in [2.45, 2.75) is 27.2 Å². The number of Topliss-reactive ketones (excluding diaryl/α,β-unsaturated/α-hetero) is 2. The van der Waals surface area contributed by atoms with Crippen LogP contribution in [0.2, 0.25) is 0 Å². The summed E-state index contributed by atoms with van der Waals surface area (Å²) in [5.74, 6) is -0.480. The van der Waals surface area contributed by atoms with Crippen molar-refractivity contribution in [1.29, 1.82) is 0 Å². The van der Waals surface area contributed by atoms with E-state index in [0.29, 0.717) is 24.1 Å². The normalized spacial score (nSPS) is 12.4. The third-order valence-electron chi connectivity index (χ3n) is 5.90. The average Bonchev–Trinajstić information content (AvgIpc) is 2.82. The van der Waals surface area contributed by atoms with Gasteiger partial charge in [-0.15, -0.1) is 0 Å². The maximum atomic E-state index is 14.1. The van der Waals surface area contributed by atoms with Crippen molar-refractivity contribution in [3.63, 3.8) is 0 Å². The zero-order chi connectivity index (χ0) is 25.5. The fourth-order valence-corrected chi connectivity index (χ4v) is 4.89. The minimum Gasteiger partial charge on any atom is -0.493 e. The van der Waals surface area contributed by atoms with E-state index in [1.54, 1.807) is 36.4 Å². The number of hydrogen-bond donors (Lipinski definition) is 0. The minimum absolute atomic E-state index is 0.0247. The summed E-state index contributed by atoms with van der Waals surface area (Å²) in [5, 5.41) is 0. The smallest absolute Gasteiger partial charge is 0.178 e. The van der Waals surface area contributed by atoms with Crippen LogP contribution >= 0.6 is 8.46 Å². The van der Waals surface area contributed by atoms with E-state index in [2.05, 4.69) is 0 Å². The van der Waals surface area contributed by atoms with E-state index in [9.17, 15) is 14.2 Å². The first-order valence-electron chi connectivity index (χ1n) is 11.0. The Morgan fingerprint density at radius 1 is 0.824 bits per heavy atom. The second-order valence-electron chi connectivity index (χ2n) is 8.85. The topological polar surface area (TPSA) is 88.1 Å². The maximum Gasteiger partial charge on any atom is 0.178 e. The lowest BCUT2D eigenvalue weighted by Crippen LogP contribution is -2.39. The number of carbonyl (C=O) groups is 2. The number of methoxy groups -OCH3 is 4. The van der Waals surface area contributed by atoms with Gasteiger partial charge in [-0.05, 0) is 42.0 Å². The van der Waals surface area contributed by atoms with E-state index in [4.69, 9.17) is 18.9 Å². The van der Waals surface area contributed by atoms with Gasteiger partial charge in [0.2, 0.25) is 0 Å². The van der Waals surface area contributed by atoms with Crippen LogP contribution in [0.4, 0.5) is 0 Å². The molecule has 34 heavy (non-hydrogen) atoms. The highest BCUT2D eigenvalue weighted by atomic mass is 31.1. The van der Waals surface area contributed by atoms with Crippen LogP contribution in [0.3, 0.4) is 0 Å². The zero-order valence-corrected chi connectivity index (χ0v) is 21.7. The second kappa shape index (κ2) is 12.0. The van der Waals surface area contributed by atoms with Gasteiger partial charge in [0.05, 0.1) is 45.5 Å². The summed E-state index contributed by atoms with van der Waals surface area (Å²) in [6, 6.07) is 10.0. The average molecular weight is 489 g/mol. The SMILES string of the molecule is COc1cccc(C(=O)C(C(=O)c2cccc(OC)c2OC)C(C)(C)CC(C)CP=O)c1OC. The van der Waals surface area contributed by atoms with Crippen LogP contribution in [0.5, 0.6) is 23.0 Å². The number of ether oxygens (including phenoxy) is 4. The second-order valence-corrected chi connectivity index (χ2v) is 9.48. The monoisotopic (exact) mass is 488 g/mol. The number of benzene rings is 2. The molecule has 0 fully saturated rings. The Bertz CT molecular complexity index is 964. The summed E-state index contributed by atoms with van der Waals surface area (Å²) in [6.07, 6.45) is 0.937. The molecule has 0 aliphatic carbocycles. The van der Waals surface area contributed by atoms with Crippen LogP contribution in [0, 0.1) is 17.3 Å². The molecule has 0 aliphatic rings. The van der Waals surface area contributed by atoms with Crippen molar-refractivity contribution in [2.75, 3.05) is 34.6 Å². The molecule has 0 aliphatic heterocycles. The summed E-state index contributed by atoms with van der Waals surface area (Å²) in [5.41, 5.74) is -0.269. The number of para-hydroxylation sites is 2. The Morgan fingerprint density at radius 2 is 1.26 bits per heavy atom. The van der Waals surface area contributed by atoms with Crippen LogP contribution < -0.4 is 18.9 Å². The largest absolute Gasteiger partial charge is 0.493 e. The van der Waals surface area contributed by atoms with Gasteiger partial charge in [0.1, 0.15) is 0 Å². The summed E-state index contributed by atoms with van der Waals surface area (Å²) in [7, 11) is 5.92. The van der Waals surface area contributed by atoms with Crippen LogP contribution in [-0.2, 0) is 4.57 Å². The summed E-state index contributed by atoms with van der Waals surface area (Å²) in [6.45, 7) is 5.72. The fourth-order valence-electron chi connectivity index (χ4n) is 4.51. The van der Waals surface area contributed by atoms with Gasteiger partial charge in [0.15, 0.2) is 43.0 Å². The molecule has 1 unspecified atom stereocenters. The molecule has 184 valence electrons. The van der Waals surface area contributed by atoms with E-state index in [1.807, 2.05) is 20.8 Å². The first kappa shape index (κ1) is 27.3. The summed E-state index contributed by atoms with van der Waals surface area (Å²) >= 11 is 0. The lowest BCUT2D eigenvalue weighted by molar-refractivity contribution is 0.0638. The van der Waals surface area contributed by atoms with Gasteiger partial charge in [0.25, 0.3) is 0 Å². The minimum atomic E-state index is -1.07. The standard InChI is InChI=1S/C26H33O7P/c1-16(15-34-29)14-26(2,3)21(22(27)17-10-8-12-19(30-4)24(17)32-6)23(28)18-11-9-13-20(31-5)25(18)33-7/h8-13,16,21H,14-15H2,1-7H3. The van der Waals surface area contributed by atoms with Crippen molar-refractivity contribution in [3.05, 3.63) is 47.5 Å². The van der Waals surface area contributed by atoms with Crippen molar-refractivity contribution in [1.82, 2.24) is 0 Å². The number of rotatable bonds is 13. The van der Waals surface area contributed by atoms with E-state index < -0.39 is 11.3 Å². The van der Waals surface area contributed by atoms with Crippen molar-refractivity contribution < 1.29 is 33.1 Å². The molecule has 0 heterocycles. The van der Waals surface area contributed by atoms with Gasteiger partial charge < -0.3 is 18.9 Å². The molecule has 0 aromatic heterocycles. The number of ketones is 2. The predicted octanol–water partition coefficient (Wildman–Crippen LogP) is 5.75. The molecular formula is C26H33O7P. The highest BCUT2D eigenvalue weighted by molar-refractivity contribution is 7.23. The molecular weight excluding hydrogens is 455 g/mol. The molecule has 2 rings (SSSR count). The highest BCUT2D eigenvalue weighted by Gasteiger charge is 2.44. The Balaban J connectivity index is 2.70. The molecule has 0 bridgehead atoms. The van der Waals surface area contributed by atoms with Crippen molar-refractivity contribution in [3.8, 4) is 23.0 Å². The third-order valence-corrected chi connectivity index (χ3v) is 6.68. The molecule has 0 N–H and O–H groups in total. The Labute approximate surface area is 202 Å². The molecule has 1 atom stereocenters.